The van der Waals surface area contributed by atoms with Crippen LogP contribution in [0.15, 0.2) is 47.3 Å². The lowest BCUT2D eigenvalue weighted by molar-refractivity contribution is -0.136. The molecule has 6 heteroatoms. The summed E-state index contributed by atoms with van der Waals surface area (Å²) < 4.78 is 1.63. The standard InChI is InChI=1S/C19H15Cl2NO3/c1-11-14(9-18(23)24)13-4-2-3-5-17(13)22(19(11)25)10-12-6-7-15(20)16(21)8-12/h2-8H,9-10H2,1H3,(H,23,24). The van der Waals surface area contributed by atoms with E-state index in [1.165, 1.54) is 0 Å². The first-order valence-electron chi connectivity index (χ1n) is 7.65. The molecule has 1 N–H and O–H groups in total. The van der Waals surface area contributed by atoms with Crippen molar-refractivity contribution in [3.05, 3.63) is 79.6 Å². The Hall–Kier alpha value is -2.30. The topological polar surface area (TPSA) is 59.3 Å². The highest BCUT2D eigenvalue weighted by atomic mass is 35.5. The van der Waals surface area contributed by atoms with Crippen LogP contribution in [-0.4, -0.2) is 15.6 Å². The number of hydrogen-bond acceptors (Lipinski definition) is 2. The second-order valence-corrected chi connectivity index (χ2v) is 6.65. The summed E-state index contributed by atoms with van der Waals surface area (Å²) in [6, 6.07) is 12.6. The molecule has 0 fully saturated rings. The number of fused-ring (bicyclic) bond motifs is 1. The van der Waals surface area contributed by atoms with Crippen molar-refractivity contribution >= 4 is 40.1 Å². The number of carboxylic acid groups (broad SMARTS) is 1. The fraction of sp³-hybridized carbons (Fsp3) is 0.158. The van der Waals surface area contributed by atoms with Crippen LogP contribution in [0.1, 0.15) is 16.7 Å². The van der Waals surface area contributed by atoms with Gasteiger partial charge in [-0.3, -0.25) is 9.59 Å². The predicted molar refractivity (Wildman–Crippen MR) is 99.8 cm³/mol. The van der Waals surface area contributed by atoms with E-state index in [0.717, 1.165) is 10.9 Å². The molecular formula is C19H15Cl2NO3. The summed E-state index contributed by atoms with van der Waals surface area (Å²) in [5.41, 5.74) is 2.33. The molecule has 0 aliphatic carbocycles. The Labute approximate surface area is 154 Å². The van der Waals surface area contributed by atoms with E-state index < -0.39 is 5.97 Å². The summed E-state index contributed by atoms with van der Waals surface area (Å²) >= 11 is 12.0. The summed E-state index contributed by atoms with van der Waals surface area (Å²) in [5, 5.41) is 10.8. The second kappa shape index (κ2) is 6.90. The highest BCUT2D eigenvalue weighted by Gasteiger charge is 2.16. The lowest BCUT2D eigenvalue weighted by Gasteiger charge is -2.16. The van der Waals surface area contributed by atoms with E-state index in [9.17, 15) is 9.59 Å². The number of pyridine rings is 1. The molecule has 0 saturated heterocycles. The second-order valence-electron chi connectivity index (χ2n) is 5.83. The first-order chi connectivity index (χ1) is 11.9. The summed E-state index contributed by atoms with van der Waals surface area (Å²) in [6.45, 7) is 1.99. The number of aliphatic carboxylic acids is 1. The van der Waals surface area contributed by atoms with Gasteiger partial charge < -0.3 is 9.67 Å². The number of aromatic nitrogens is 1. The van der Waals surface area contributed by atoms with Crippen molar-refractivity contribution in [2.45, 2.75) is 19.9 Å². The Bertz CT molecular complexity index is 1040. The predicted octanol–water partition coefficient (Wildman–Crippen LogP) is 4.29. The van der Waals surface area contributed by atoms with Crippen molar-refractivity contribution in [3.63, 3.8) is 0 Å². The van der Waals surface area contributed by atoms with Crippen molar-refractivity contribution in [2.24, 2.45) is 0 Å². The molecule has 0 bridgehead atoms. The van der Waals surface area contributed by atoms with E-state index in [1.54, 1.807) is 23.6 Å². The fourth-order valence-electron chi connectivity index (χ4n) is 2.96. The maximum Gasteiger partial charge on any atom is 0.307 e. The van der Waals surface area contributed by atoms with Gasteiger partial charge in [0.15, 0.2) is 0 Å². The van der Waals surface area contributed by atoms with Crippen molar-refractivity contribution in [1.29, 1.82) is 0 Å². The monoisotopic (exact) mass is 375 g/mol. The summed E-state index contributed by atoms with van der Waals surface area (Å²) in [5.74, 6) is -0.963. The number of carbonyl (C=O) groups is 1. The number of carboxylic acids is 1. The molecule has 25 heavy (non-hydrogen) atoms. The van der Waals surface area contributed by atoms with Gasteiger partial charge in [-0.15, -0.1) is 0 Å². The Kier molecular flexibility index (Phi) is 4.84. The third-order valence-electron chi connectivity index (χ3n) is 4.19. The van der Waals surface area contributed by atoms with Crippen LogP contribution < -0.4 is 5.56 Å². The molecule has 0 spiro atoms. The zero-order valence-electron chi connectivity index (χ0n) is 13.4. The zero-order chi connectivity index (χ0) is 18.1. The maximum absolute atomic E-state index is 12.9. The van der Waals surface area contributed by atoms with E-state index in [4.69, 9.17) is 28.3 Å². The molecule has 4 nitrogen and oxygen atoms in total. The van der Waals surface area contributed by atoms with Crippen LogP contribution in [0.3, 0.4) is 0 Å². The molecule has 1 aromatic heterocycles. The van der Waals surface area contributed by atoms with Crippen LogP contribution in [0.5, 0.6) is 0 Å². The normalized spacial score (nSPS) is 11.0. The highest BCUT2D eigenvalue weighted by molar-refractivity contribution is 6.42. The van der Waals surface area contributed by atoms with Crippen LogP contribution >= 0.6 is 23.2 Å². The van der Waals surface area contributed by atoms with E-state index >= 15 is 0 Å². The Morgan fingerprint density at radius 1 is 1.12 bits per heavy atom. The van der Waals surface area contributed by atoms with Crippen molar-refractivity contribution < 1.29 is 9.90 Å². The molecule has 128 valence electrons. The molecule has 0 atom stereocenters. The van der Waals surface area contributed by atoms with Gasteiger partial charge in [0.2, 0.25) is 0 Å². The van der Waals surface area contributed by atoms with E-state index in [0.29, 0.717) is 33.2 Å². The molecule has 3 rings (SSSR count). The van der Waals surface area contributed by atoms with Crippen LogP contribution in [-0.2, 0) is 17.8 Å². The molecule has 0 aliphatic heterocycles. The average Bonchev–Trinajstić information content (AvgIpc) is 2.58. The molecule has 0 amide bonds. The number of para-hydroxylation sites is 1. The number of halogens is 2. The highest BCUT2D eigenvalue weighted by Crippen LogP contribution is 2.25. The van der Waals surface area contributed by atoms with Gasteiger partial charge in [-0.25, -0.2) is 0 Å². The summed E-state index contributed by atoms with van der Waals surface area (Å²) in [6.07, 6.45) is -0.185. The molecule has 0 unspecified atom stereocenters. The van der Waals surface area contributed by atoms with Crippen LogP contribution in [0.25, 0.3) is 10.9 Å². The smallest absolute Gasteiger partial charge is 0.307 e. The van der Waals surface area contributed by atoms with Crippen LogP contribution in [0.2, 0.25) is 10.0 Å². The van der Waals surface area contributed by atoms with Crippen molar-refractivity contribution in [3.8, 4) is 0 Å². The Morgan fingerprint density at radius 2 is 1.84 bits per heavy atom. The van der Waals surface area contributed by atoms with E-state index in [1.807, 2.05) is 30.3 Å². The van der Waals surface area contributed by atoms with E-state index in [2.05, 4.69) is 0 Å². The minimum Gasteiger partial charge on any atom is -0.481 e. The first-order valence-corrected chi connectivity index (χ1v) is 8.41. The van der Waals surface area contributed by atoms with Crippen molar-refractivity contribution in [1.82, 2.24) is 4.57 Å². The first kappa shape index (κ1) is 17.5. The molecule has 0 radical (unpaired) electrons. The minimum atomic E-state index is -0.963. The van der Waals surface area contributed by atoms with Gasteiger partial charge in [0, 0.05) is 10.9 Å². The molecule has 3 aromatic rings. The minimum absolute atomic E-state index is 0.185. The third kappa shape index (κ3) is 3.41. The average molecular weight is 376 g/mol. The summed E-state index contributed by atoms with van der Waals surface area (Å²) in [7, 11) is 0. The lowest BCUT2D eigenvalue weighted by atomic mass is 10.0. The number of nitrogens with zero attached hydrogens (tertiary/aromatic N) is 1. The molecule has 2 aromatic carbocycles. The largest absolute Gasteiger partial charge is 0.481 e. The van der Waals surface area contributed by atoms with Gasteiger partial charge in [-0.2, -0.15) is 0 Å². The SMILES string of the molecule is Cc1c(CC(=O)O)c2ccccc2n(Cc2ccc(Cl)c(Cl)c2)c1=O. The Balaban J connectivity index is 2.22. The van der Waals surface area contributed by atoms with Crippen LogP contribution in [0, 0.1) is 6.92 Å². The number of rotatable bonds is 4. The third-order valence-corrected chi connectivity index (χ3v) is 4.93. The van der Waals surface area contributed by atoms with Gasteiger partial charge in [-0.05, 0) is 36.2 Å². The van der Waals surface area contributed by atoms with Gasteiger partial charge in [0.25, 0.3) is 5.56 Å². The van der Waals surface area contributed by atoms with Gasteiger partial charge in [-0.1, -0.05) is 47.5 Å². The van der Waals surface area contributed by atoms with Gasteiger partial charge >= 0.3 is 5.97 Å². The fourth-order valence-corrected chi connectivity index (χ4v) is 3.28. The van der Waals surface area contributed by atoms with Crippen LogP contribution in [0.4, 0.5) is 0 Å². The number of hydrogen-bond donors (Lipinski definition) is 1. The van der Waals surface area contributed by atoms with E-state index in [-0.39, 0.29) is 12.0 Å². The lowest BCUT2D eigenvalue weighted by Crippen LogP contribution is -2.25. The molecular weight excluding hydrogens is 361 g/mol. The quantitative estimate of drug-likeness (QED) is 0.739. The molecule has 0 aliphatic rings. The molecule has 0 saturated carbocycles. The zero-order valence-corrected chi connectivity index (χ0v) is 14.9. The number of benzene rings is 2. The maximum atomic E-state index is 12.9. The molecule has 1 heterocycles. The van der Waals surface area contributed by atoms with Gasteiger partial charge in [0.05, 0.1) is 28.5 Å². The van der Waals surface area contributed by atoms with Gasteiger partial charge in [0.1, 0.15) is 0 Å². The summed E-state index contributed by atoms with van der Waals surface area (Å²) in [4.78, 5) is 24.0. The van der Waals surface area contributed by atoms with Crippen molar-refractivity contribution in [2.75, 3.05) is 0 Å². The Morgan fingerprint density at radius 3 is 2.52 bits per heavy atom.